The Bertz CT molecular complexity index is 354. The minimum absolute atomic E-state index is 0.137. The number of ether oxygens (including phenoxy) is 1. The topological polar surface area (TPSA) is 9.23 Å². The van der Waals surface area contributed by atoms with Crippen LogP contribution in [0.25, 0.3) is 0 Å². The predicted molar refractivity (Wildman–Crippen MR) is 82.8 cm³/mol. The van der Waals surface area contributed by atoms with Crippen LogP contribution in [-0.2, 0) is 5.41 Å². The first kappa shape index (κ1) is 15.6. The number of para-hydroxylation sites is 1. The maximum absolute atomic E-state index is 5.97. The number of hydrogen-bond donors (Lipinski definition) is 0. The van der Waals surface area contributed by atoms with E-state index >= 15 is 0 Å². The van der Waals surface area contributed by atoms with Crippen LogP contribution in [0.4, 0.5) is 0 Å². The van der Waals surface area contributed by atoms with Gasteiger partial charge in [0, 0.05) is 5.33 Å². The Morgan fingerprint density at radius 1 is 1.17 bits per heavy atom. The normalized spacial score (nSPS) is 13.4. The molecule has 18 heavy (non-hydrogen) atoms. The molecule has 0 N–H and O–H groups in total. The highest BCUT2D eigenvalue weighted by molar-refractivity contribution is 9.09. The van der Waals surface area contributed by atoms with E-state index in [1.54, 1.807) is 0 Å². The van der Waals surface area contributed by atoms with Crippen LogP contribution < -0.4 is 4.74 Å². The minimum atomic E-state index is 0.137. The van der Waals surface area contributed by atoms with Crippen molar-refractivity contribution >= 4 is 15.9 Å². The second kappa shape index (κ2) is 7.18. The van der Waals surface area contributed by atoms with Gasteiger partial charge in [-0.05, 0) is 35.8 Å². The fourth-order valence-corrected chi connectivity index (χ4v) is 2.69. The molecule has 0 saturated heterocycles. The van der Waals surface area contributed by atoms with Crippen LogP contribution in [0.1, 0.15) is 46.1 Å². The van der Waals surface area contributed by atoms with Gasteiger partial charge in [-0.2, -0.15) is 0 Å². The van der Waals surface area contributed by atoms with Crippen LogP contribution in [0, 0.1) is 5.92 Å². The molecular weight excluding hydrogens is 288 g/mol. The molecule has 0 aromatic heterocycles. The summed E-state index contributed by atoms with van der Waals surface area (Å²) < 4.78 is 5.97. The van der Waals surface area contributed by atoms with Crippen molar-refractivity contribution < 1.29 is 4.74 Å². The van der Waals surface area contributed by atoms with Crippen molar-refractivity contribution in [2.45, 2.75) is 46.0 Å². The van der Waals surface area contributed by atoms with Gasteiger partial charge in [0.1, 0.15) is 5.75 Å². The summed E-state index contributed by atoms with van der Waals surface area (Å²) in [5.74, 6) is 1.75. The van der Waals surface area contributed by atoms with Gasteiger partial charge in [0.15, 0.2) is 0 Å². The van der Waals surface area contributed by atoms with Gasteiger partial charge in [0.05, 0.1) is 6.61 Å². The summed E-state index contributed by atoms with van der Waals surface area (Å²) in [5.41, 5.74) is 1.43. The van der Waals surface area contributed by atoms with Gasteiger partial charge >= 0.3 is 0 Å². The number of hydrogen-bond acceptors (Lipinski definition) is 1. The van der Waals surface area contributed by atoms with E-state index in [9.17, 15) is 0 Å². The quantitative estimate of drug-likeness (QED) is 0.658. The Morgan fingerprint density at radius 2 is 1.83 bits per heavy atom. The lowest BCUT2D eigenvalue weighted by atomic mass is 9.86. The second-order valence-electron chi connectivity index (χ2n) is 5.97. The Morgan fingerprint density at radius 3 is 2.44 bits per heavy atom. The third-order valence-electron chi connectivity index (χ3n) is 3.17. The monoisotopic (exact) mass is 312 g/mol. The zero-order chi connectivity index (χ0) is 13.6. The molecule has 1 rings (SSSR count). The Kier molecular flexibility index (Phi) is 6.20. The van der Waals surface area contributed by atoms with Crippen molar-refractivity contribution in [3.05, 3.63) is 29.8 Å². The standard InChI is InChI=1S/C16H25BrO/c1-13(9-11-17)10-12-18-15-8-6-5-7-14(15)16(2,3)4/h5-8,13H,9-12H2,1-4H3. The predicted octanol–water partition coefficient (Wildman–Crippen LogP) is 5.17. The van der Waals surface area contributed by atoms with Gasteiger partial charge in [-0.1, -0.05) is 61.8 Å². The van der Waals surface area contributed by atoms with Crippen molar-refractivity contribution in [3.63, 3.8) is 0 Å². The molecule has 0 aliphatic carbocycles. The van der Waals surface area contributed by atoms with E-state index in [0.29, 0.717) is 5.92 Å². The van der Waals surface area contributed by atoms with Crippen molar-refractivity contribution in [1.29, 1.82) is 0 Å². The van der Waals surface area contributed by atoms with Gasteiger partial charge in [0.25, 0.3) is 0 Å². The summed E-state index contributed by atoms with van der Waals surface area (Å²) >= 11 is 3.48. The number of alkyl halides is 1. The molecule has 1 nitrogen and oxygen atoms in total. The molecule has 0 bridgehead atoms. The van der Waals surface area contributed by atoms with Crippen LogP contribution in [0.15, 0.2) is 24.3 Å². The van der Waals surface area contributed by atoms with E-state index in [1.165, 1.54) is 12.0 Å². The maximum atomic E-state index is 5.97. The first-order valence-corrected chi connectivity index (χ1v) is 7.85. The van der Waals surface area contributed by atoms with Crippen LogP contribution in [0.3, 0.4) is 0 Å². The average Bonchev–Trinajstić information content (AvgIpc) is 2.28. The molecule has 2 heteroatoms. The molecule has 0 amide bonds. The highest BCUT2D eigenvalue weighted by atomic mass is 79.9. The third-order valence-corrected chi connectivity index (χ3v) is 3.62. The molecule has 0 aliphatic heterocycles. The smallest absolute Gasteiger partial charge is 0.123 e. The zero-order valence-corrected chi connectivity index (χ0v) is 13.6. The molecule has 0 aliphatic rings. The van der Waals surface area contributed by atoms with Crippen LogP contribution in [0.5, 0.6) is 5.75 Å². The molecule has 1 unspecified atom stereocenters. The van der Waals surface area contributed by atoms with Crippen LogP contribution in [0.2, 0.25) is 0 Å². The fourth-order valence-electron chi connectivity index (χ4n) is 1.91. The zero-order valence-electron chi connectivity index (χ0n) is 12.0. The number of rotatable bonds is 6. The largest absolute Gasteiger partial charge is 0.493 e. The van der Waals surface area contributed by atoms with Crippen molar-refractivity contribution in [3.8, 4) is 5.75 Å². The summed E-state index contributed by atoms with van der Waals surface area (Å²) in [5, 5.41) is 1.08. The van der Waals surface area contributed by atoms with Crippen molar-refractivity contribution in [2.75, 3.05) is 11.9 Å². The Hall–Kier alpha value is -0.500. The molecular formula is C16H25BrO. The maximum Gasteiger partial charge on any atom is 0.123 e. The lowest BCUT2D eigenvalue weighted by Gasteiger charge is -2.23. The SMILES string of the molecule is CC(CCBr)CCOc1ccccc1C(C)(C)C. The molecule has 102 valence electrons. The van der Waals surface area contributed by atoms with Gasteiger partial charge in [0.2, 0.25) is 0 Å². The number of halogens is 1. The second-order valence-corrected chi connectivity index (χ2v) is 6.76. The first-order valence-electron chi connectivity index (χ1n) is 6.73. The van der Waals surface area contributed by atoms with E-state index in [1.807, 2.05) is 6.07 Å². The average molecular weight is 313 g/mol. The fraction of sp³-hybridized carbons (Fsp3) is 0.625. The Balaban J connectivity index is 2.57. The van der Waals surface area contributed by atoms with Gasteiger partial charge < -0.3 is 4.74 Å². The van der Waals surface area contributed by atoms with Crippen molar-refractivity contribution in [2.24, 2.45) is 5.92 Å². The van der Waals surface area contributed by atoms with Gasteiger partial charge in [-0.15, -0.1) is 0 Å². The van der Waals surface area contributed by atoms with E-state index in [2.05, 4.69) is 61.8 Å². The third kappa shape index (κ3) is 5.01. The highest BCUT2D eigenvalue weighted by Gasteiger charge is 2.18. The van der Waals surface area contributed by atoms with E-state index in [0.717, 1.165) is 24.1 Å². The molecule has 1 aromatic rings. The first-order chi connectivity index (χ1) is 8.45. The summed E-state index contributed by atoms with van der Waals surface area (Å²) in [7, 11) is 0. The highest BCUT2D eigenvalue weighted by Crippen LogP contribution is 2.31. The molecule has 0 radical (unpaired) electrons. The molecule has 0 saturated carbocycles. The molecule has 0 fully saturated rings. The van der Waals surface area contributed by atoms with E-state index in [4.69, 9.17) is 4.74 Å². The van der Waals surface area contributed by atoms with Crippen LogP contribution >= 0.6 is 15.9 Å². The summed E-state index contributed by atoms with van der Waals surface area (Å²) in [6, 6.07) is 8.38. The lowest BCUT2D eigenvalue weighted by molar-refractivity contribution is 0.276. The van der Waals surface area contributed by atoms with Gasteiger partial charge in [-0.3, -0.25) is 0 Å². The lowest BCUT2D eigenvalue weighted by Crippen LogP contribution is -2.14. The minimum Gasteiger partial charge on any atom is -0.493 e. The molecule has 0 spiro atoms. The Labute approximate surface area is 120 Å². The van der Waals surface area contributed by atoms with Crippen molar-refractivity contribution in [1.82, 2.24) is 0 Å². The molecule has 1 atom stereocenters. The summed E-state index contributed by atoms with van der Waals surface area (Å²) in [6.45, 7) is 9.76. The summed E-state index contributed by atoms with van der Waals surface area (Å²) in [4.78, 5) is 0. The number of benzene rings is 1. The van der Waals surface area contributed by atoms with Gasteiger partial charge in [-0.25, -0.2) is 0 Å². The van der Waals surface area contributed by atoms with E-state index in [-0.39, 0.29) is 5.41 Å². The summed E-state index contributed by atoms with van der Waals surface area (Å²) in [6.07, 6.45) is 2.33. The van der Waals surface area contributed by atoms with E-state index < -0.39 is 0 Å². The molecule has 1 aromatic carbocycles. The molecule has 0 heterocycles. The van der Waals surface area contributed by atoms with Crippen LogP contribution in [-0.4, -0.2) is 11.9 Å².